The average molecular weight is 809 g/mol. The fraction of sp³-hybridized carbons (Fsp3) is 0.189. The van der Waals surface area contributed by atoms with Crippen LogP contribution in [0, 0.1) is 0 Å². The Balaban J connectivity index is 1.31. The third kappa shape index (κ3) is 8.81. The van der Waals surface area contributed by atoms with E-state index in [2.05, 4.69) is 30.8 Å². The number of ether oxygens (including phenoxy) is 2. The molecule has 1 aliphatic rings. The Morgan fingerprint density at radius 2 is 1.44 bits per heavy atom. The number of aliphatic hydroxyl groups is 1. The van der Waals surface area contributed by atoms with Crippen molar-refractivity contribution in [3.8, 4) is 16.9 Å². The third-order valence-electron chi connectivity index (χ3n) is 11.3. The molecule has 2 amide bonds. The van der Waals surface area contributed by atoms with Crippen molar-refractivity contribution >= 4 is 45.0 Å². The number of benzene rings is 7. The average Bonchev–Trinajstić information content (AvgIpc) is 3.62. The molecule has 7 aromatic carbocycles. The number of carbonyl (C=O) groups is 3. The molecule has 0 saturated carbocycles. The molecule has 1 aliphatic heterocycles. The lowest BCUT2D eigenvalue weighted by atomic mass is 9.92. The quantitative estimate of drug-likeness (QED) is 0.0630. The second-order valence-corrected chi connectivity index (χ2v) is 15.4. The Bertz CT molecular complexity index is 2690. The minimum absolute atomic E-state index is 0.0331. The predicted octanol–water partition coefficient (Wildman–Crippen LogP) is 10.3. The number of aliphatic hydroxyl groups excluding tert-OH is 1. The van der Waals surface area contributed by atoms with Crippen LogP contribution in [0.15, 0.2) is 170 Å². The van der Waals surface area contributed by atoms with Gasteiger partial charge in [-0.1, -0.05) is 140 Å². The van der Waals surface area contributed by atoms with Gasteiger partial charge in [-0.2, -0.15) is 0 Å². The summed E-state index contributed by atoms with van der Waals surface area (Å²) < 4.78 is 12.3. The summed E-state index contributed by atoms with van der Waals surface area (Å²) in [5.74, 6) is -0.457. The summed E-state index contributed by atoms with van der Waals surface area (Å²) in [6.45, 7) is 5.78. The van der Waals surface area contributed by atoms with E-state index >= 15 is 9.59 Å². The van der Waals surface area contributed by atoms with Gasteiger partial charge in [0.15, 0.2) is 0 Å². The van der Waals surface area contributed by atoms with Crippen LogP contribution in [0.2, 0.25) is 0 Å². The van der Waals surface area contributed by atoms with E-state index in [1.165, 1.54) is 6.92 Å². The Morgan fingerprint density at radius 1 is 0.754 bits per heavy atom. The topological polar surface area (TPSA) is 96.4 Å². The first-order valence-corrected chi connectivity index (χ1v) is 20.7. The second-order valence-electron chi connectivity index (χ2n) is 15.4. The highest BCUT2D eigenvalue weighted by atomic mass is 16.5. The van der Waals surface area contributed by atoms with Crippen molar-refractivity contribution in [1.82, 2.24) is 4.90 Å². The van der Waals surface area contributed by atoms with Crippen molar-refractivity contribution in [3.05, 3.63) is 193 Å². The fourth-order valence-electron chi connectivity index (χ4n) is 8.58. The van der Waals surface area contributed by atoms with E-state index in [-0.39, 0.29) is 44.4 Å². The number of fused-ring (bicyclic) bond motifs is 3. The minimum atomic E-state index is -0.880. The molecule has 0 fully saturated rings. The summed E-state index contributed by atoms with van der Waals surface area (Å²) in [6, 6.07) is 49.7. The van der Waals surface area contributed by atoms with Crippen molar-refractivity contribution in [1.29, 1.82) is 0 Å². The van der Waals surface area contributed by atoms with E-state index in [0.29, 0.717) is 29.0 Å². The zero-order valence-electron chi connectivity index (χ0n) is 34.2. The first-order valence-electron chi connectivity index (χ1n) is 20.7. The van der Waals surface area contributed by atoms with Gasteiger partial charge in [0.2, 0.25) is 5.91 Å². The Labute approximate surface area is 356 Å². The van der Waals surface area contributed by atoms with Gasteiger partial charge in [0.1, 0.15) is 11.9 Å². The SMILES string of the molecule is C=CCC(OC(C)=O)[C@@H]1[C@@H](N(Cc2ccc(-c3ccccc3)cc2)C(=O)c2cccc3ccccc23)c2cc(OCCCO)ccc2N1C(=O)Cc1ccc2ccccc2c1. The molecule has 0 saturated heterocycles. The molecule has 1 unspecified atom stereocenters. The highest BCUT2D eigenvalue weighted by molar-refractivity contribution is 6.08. The zero-order valence-corrected chi connectivity index (χ0v) is 34.2. The van der Waals surface area contributed by atoms with Crippen molar-refractivity contribution in [2.75, 3.05) is 18.1 Å². The lowest BCUT2D eigenvalue weighted by Crippen LogP contribution is -2.53. The van der Waals surface area contributed by atoms with Gasteiger partial charge in [-0.05, 0) is 68.1 Å². The molecule has 0 spiro atoms. The maximum atomic E-state index is 15.6. The van der Waals surface area contributed by atoms with Gasteiger partial charge in [0, 0.05) is 49.7 Å². The fourth-order valence-corrected chi connectivity index (χ4v) is 8.58. The largest absolute Gasteiger partial charge is 0.493 e. The summed E-state index contributed by atoms with van der Waals surface area (Å²) in [6.07, 6.45) is 1.51. The number of anilines is 1. The van der Waals surface area contributed by atoms with Crippen molar-refractivity contribution in [3.63, 3.8) is 0 Å². The molecule has 0 aliphatic carbocycles. The number of amides is 2. The summed E-state index contributed by atoms with van der Waals surface area (Å²) in [4.78, 5) is 47.3. The molecule has 7 aromatic rings. The van der Waals surface area contributed by atoms with Crippen molar-refractivity contribution < 1.29 is 29.0 Å². The third-order valence-corrected chi connectivity index (χ3v) is 11.3. The monoisotopic (exact) mass is 808 g/mol. The van der Waals surface area contributed by atoms with Crippen LogP contribution >= 0.6 is 0 Å². The molecule has 1 N–H and O–H groups in total. The Hall–Kier alpha value is -7.03. The van der Waals surface area contributed by atoms with Crippen LogP contribution in [0.25, 0.3) is 32.7 Å². The molecule has 0 bridgehead atoms. The molecule has 1 heterocycles. The number of hydrogen-bond donors (Lipinski definition) is 1. The molecular formula is C53H48N2O6. The summed E-state index contributed by atoms with van der Waals surface area (Å²) in [5.41, 5.74) is 5.58. The molecule has 0 radical (unpaired) electrons. The van der Waals surface area contributed by atoms with Crippen LogP contribution in [0.5, 0.6) is 5.75 Å². The first kappa shape index (κ1) is 40.7. The second kappa shape index (κ2) is 18.5. The standard InChI is InChI=1S/C53H48N2O6/c1-3-13-49(61-36(2)57)52-51(47-34-44(60-31-12-30-56)28-29-48(47)55(52)50(58)33-38-24-27-40-16-7-8-18-43(40)32-38)54(53(59)46-21-11-19-42-17-9-10-20-45(42)46)35-37-22-25-41(26-23-37)39-14-5-4-6-15-39/h3-11,14-29,32,34,49,51-52,56H,1,12-13,30-31,33,35H2,2H3/t49?,51-,52+/m0/s1. The van der Waals surface area contributed by atoms with Gasteiger partial charge < -0.3 is 24.4 Å². The normalized spacial score (nSPS) is 15.0. The number of nitrogens with zero attached hydrogens (tertiary/aromatic N) is 2. The van der Waals surface area contributed by atoms with E-state index in [1.54, 1.807) is 17.0 Å². The van der Waals surface area contributed by atoms with Gasteiger partial charge in [0.05, 0.1) is 25.1 Å². The van der Waals surface area contributed by atoms with Crippen LogP contribution in [-0.2, 0) is 27.3 Å². The maximum absolute atomic E-state index is 15.6. The maximum Gasteiger partial charge on any atom is 0.302 e. The van der Waals surface area contributed by atoms with Gasteiger partial charge in [-0.25, -0.2) is 0 Å². The lowest BCUT2D eigenvalue weighted by Gasteiger charge is -2.39. The molecule has 8 rings (SSSR count). The minimum Gasteiger partial charge on any atom is -0.493 e. The van der Waals surface area contributed by atoms with E-state index in [4.69, 9.17) is 9.47 Å². The number of carbonyl (C=O) groups excluding carboxylic acids is 3. The highest BCUT2D eigenvalue weighted by Gasteiger charge is 2.50. The van der Waals surface area contributed by atoms with Crippen LogP contribution in [-0.4, -0.2) is 53.1 Å². The van der Waals surface area contributed by atoms with Gasteiger partial charge in [0.25, 0.3) is 5.91 Å². The van der Waals surface area contributed by atoms with Crippen LogP contribution in [0.1, 0.15) is 52.9 Å². The van der Waals surface area contributed by atoms with Gasteiger partial charge >= 0.3 is 5.97 Å². The van der Waals surface area contributed by atoms with Crippen LogP contribution in [0.3, 0.4) is 0 Å². The molecule has 61 heavy (non-hydrogen) atoms. The molecule has 0 aromatic heterocycles. The van der Waals surface area contributed by atoms with E-state index < -0.39 is 24.2 Å². The molecule has 8 heteroatoms. The highest BCUT2D eigenvalue weighted by Crippen LogP contribution is 2.48. The smallest absolute Gasteiger partial charge is 0.302 e. The van der Waals surface area contributed by atoms with Crippen molar-refractivity contribution in [2.45, 2.75) is 50.9 Å². The number of rotatable bonds is 15. The molecular weight excluding hydrogens is 761 g/mol. The summed E-state index contributed by atoms with van der Waals surface area (Å²) in [7, 11) is 0. The first-order chi connectivity index (χ1) is 29.8. The van der Waals surface area contributed by atoms with E-state index in [9.17, 15) is 9.90 Å². The van der Waals surface area contributed by atoms with Crippen LogP contribution in [0.4, 0.5) is 5.69 Å². The predicted molar refractivity (Wildman–Crippen MR) is 241 cm³/mol. The number of esters is 1. The van der Waals surface area contributed by atoms with Crippen molar-refractivity contribution in [2.24, 2.45) is 0 Å². The van der Waals surface area contributed by atoms with Gasteiger partial charge in [-0.3, -0.25) is 14.4 Å². The Morgan fingerprint density at radius 3 is 2.20 bits per heavy atom. The molecule has 8 nitrogen and oxygen atoms in total. The molecule has 3 atom stereocenters. The summed E-state index contributed by atoms with van der Waals surface area (Å²) in [5, 5.41) is 13.4. The number of hydrogen-bond acceptors (Lipinski definition) is 6. The zero-order chi connectivity index (χ0) is 42.3. The van der Waals surface area contributed by atoms with E-state index in [1.807, 2.05) is 132 Å². The van der Waals surface area contributed by atoms with Crippen LogP contribution < -0.4 is 9.64 Å². The van der Waals surface area contributed by atoms with Gasteiger partial charge in [-0.15, -0.1) is 6.58 Å². The molecule has 306 valence electrons. The summed E-state index contributed by atoms with van der Waals surface area (Å²) >= 11 is 0. The Kier molecular flexibility index (Phi) is 12.3. The van der Waals surface area contributed by atoms with E-state index in [0.717, 1.165) is 43.8 Å². The lowest BCUT2D eigenvalue weighted by molar-refractivity contribution is -0.148.